The third-order valence-electron chi connectivity index (χ3n) is 7.71. The summed E-state index contributed by atoms with van der Waals surface area (Å²) in [4.78, 5) is 0. The highest BCUT2D eigenvalue weighted by Gasteiger charge is 2.53. The monoisotopic (exact) mass is 310 g/mol. The molecule has 1 aromatic rings. The van der Waals surface area contributed by atoms with E-state index in [2.05, 4.69) is 38.1 Å². The standard InChI is InChI=1S/C23H34/c1-3-4-5-10-18-16-23(2)15-8-12-21(23)20-14-13-17-9-6-7-11-19(17)22(18)20/h6-7,9,11,18,20-22H,3-5,8,10,12-16H2,1-2H3/t18-,20-,21-,22+,23-/m0/s1. The zero-order chi connectivity index (χ0) is 15.9. The fourth-order valence-electron chi connectivity index (χ4n) is 6.78. The van der Waals surface area contributed by atoms with Crippen LogP contribution in [-0.4, -0.2) is 0 Å². The topological polar surface area (TPSA) is 0 Å². The van der Waals surface area contributed by atoms with Crippen LogP contribution in [0.5, 0.6) is 0 Å². The van der Waals surface area contributed by atoms with E-state index in [0.29, 0.717) is 5.41 Å². The molecule has 0 saturated heterocycles. The van der Waals surface area contributed by atoms with E-state index in [0.717, 1.165) is 23.7 Å². The van der Waals surface area contributed by atoms with Crippen LogP contribution in [0.1, 0.15) is 88.7 Å². The van der Waals surface area contributed by atoms with Crippen LogP contribution in [0.3, 0.4) is 0 Å². The molecule has 0 heteroatoms. The molecule has 0 aromatic heterocycles. The number of benzene rings is 1. The van der Waals surface area contributed by atoms with E-state index in [9.17, 15) is 0 Å². The Hall–Kier alpha value is -0.780. The maximum Gasteiger partial charge on any atom is -0.00994 e. The minimum Gasteiger partial charge on any atom is -0.0654 e. The molecule has 3 aliphatic carbocycles. The van der Waals surface area contributed by atoms with Gasteiger partial charge in [0.1, 0.15) is 0 Å². The summed E-state index contributed by atoms with van der Waals surface area (Å²) in [6.45, 7) is 4.99. The zero-order valence-electron chi connectivity index (χ0n) is 15.2. The van der Waals surface area contributed by atoms with Gasteiger partial charge in [-0.1, -0.05) is 63.8 Å². The fraction of sp³-hybridized carbons (Fsp3) is 0.739. The van der Waals surface area contributed by atoms with Gasteiger partial charge in [-0.05, 0) is 78.7 Å². The summed E-state index contributed by atoms with van der Waals surface area (Å²) >= 11 is 0. The highest BCUT2D eigenvalue weighted by molar-refractivity contribution is 5.35. The second-order valence-corrected chi connectivity index (χ2v) is 9.04. The summed E-state index contributed by atoms with van der Waals surface area (Å²) in [5.74, 6) is 3.83. The molecule has 0 N–H and O–H groups in total. The summed E-state index contributed by atoms with van der Waals surface area (Å²) in [6, 6.07) is 9.45. The van der Waals surface area contributed by atoms with Crippen molar-refractivity contribution in [2.75, 3.05) is 0 Å². The highest BCUT2D eigenvalue weighted by atomic mass is 14.6. The first-order chi connectivity index (χ1) is 11.2. The lowest BCUT2D eigenvalue weighted by Gasteiger charge is -2.53. The predicted octanol–water partition coefficient (Wildman–Crippen LogP) is 6.74. The van der Waals surface area contributed by atoms with Crippen molar-refractivity contribution in [3.63, 3.8) is 0 Å². The van der Waals surface area contributed by atoms with Crippen LogP contribution in [0.4, 0.5) is 0 Å². The number of hydrogen-bond donors (Lipinski definition) is 0. The minimum absolute atomic E-state index is 0.671. The Morgan fingerprint density at radius 2 is 2.00 bits per heavy atom. The van der Waals surface area contributed by atoms with Gasteiger partial charge in [0.25, 0.3) is 0 Å². The van der Waals surface area contributed by atoms with Gasteiger partial charge < -0.3 is 0 Å². The van der Waals surface area contributed by atoms with Gasteiger partial charge in [0.05, 0.1) is 0 Å². The molecule has 2 saturated carbocycles. The van der Waals surface area contributed by atoms with Crippen LogP contribution in [0.25, 0.3) is 0 Å². The second-order valence-electron chi connectivity index (χ2n) is 9.04. The van der Waals surface area contributed by atoms with E-state index in [1.807, 2.05) is 0 Å². The van der Waals surface area contributed by atoms with Gasteiger partial charge in [0, 0.05) is 0 Å². The molecule has 23 heavy (non-hydrogen) atoms. The zero-order valence-corrected chi connectivity index (χ0v) is 15.2. The average Bonchev–Trinajstić information content (AvgIpc) is 2.96. The van der Waals surface area contributed by atoms with Crippen molar-refractivity contribution in [2.24, 2.45) is 23.2 Å². The van der Waals surface area contributed by atoms with E-state index in [1.54, 1.807) is 11.1 Å². The molecular weight excluding hydrogens is 276 g/mol. The van der Waals surface area contributed by atoms with Crippen molar-refractivity contribution in [3.05, 3.63) is 35.4 Å². The van der Waals surface area contributed by atoms with Gasteiger partial charge in [0.2, 0.25) is 0 Å². The third-order valence-corrected chi connectivity index (χ3v) is 7.71. The number of fused-ring (bicyclic) bond motifs is 5. The average molecular weight is 311 g/mol. The number of rotatable bonds is 4. The lowest BCUT2D eigenvalue weighted by molar-refractivity contribution is 0.0135. The van der Waals surface area contributed by atoms with E-state index >= 15 is 0 Å². The largest absolute Gasteiger partial charge is 0.0654 e. The molecule has 0 heterocycles. The lowest BCUT2D eigenvalue weighted by atomic mass is 9.51. The third kappa shape index (κ3) is 2.67. The molecule has 0 aliphatic heterocycles. The summed E-state index contributed by atoms with van der Waals surface area (Å²) < 4.78 is 0. The molecule has 0 unspecified atom stereocenters. The summed E-state index contributed by atoms with van der Waals surface area (Å²) in [5.41, 5.74) is 4.10. The molecule has 126 valence electrons. The molecule has 1 aromatic carbocycles. The predicted molar refractivity (Wildman–Crippen MR) is 98.7 cm³/mol. The molecule has 5 atom stereocenters. The Morgan fingerprint density at radius 1 is 1.13 bits per heavy atom. The second kappa shape index (κ2) is 6.26. The van der Waals surface area contributed by atoms with E-state index in [4.69, 9.17) is 0 Å². The van der Waals surface area contributed by atoms with Gasteiger partial charge in [-0.15, -0.1) is 0 Å². The van der Waals surface area contributed by atoms with Crippen molar-refractivity contribution < 1.29 is 0 Å². The Bertz CT molecular complexity index is 545. The normalized spacial score (nSPS) is 38.7. The van der Waals surface area contributed by atoms with Crippen molar-refractivity contribution in [2.45, 2.75) is 84.0 Å². The Kier molecular flexibility index (Phi) is 4.28. The quantitative estimate of drug-likeness (QED) is 0.540. The highest BCUT2D eigenvalue weighted by Crippen LogP contribution is 2.63. The van der Waals surface area contributed by atoms with E-state index in [1.165, 1.54) is 64.2 Å². The van der Waals surface area contributed by atoms with Gasteiger partial charge in [-0.2, -0.15) is 0 Å². The number of aryl methyl sites for hydroxylation is 1. The lowest BCUT2D eigenvalue weighted by Crippen LogP contribution is -2.44. The summed E-state index contributed by atoms with van der Waals surface area (Å²) in [5, 5.41) is 0. The molecule has 2 fully saturated rings. The minimum atomic E-state index is 0.671. The molecule has 0 spiro atoms. The number of hydrogen-bond acceptors (Lipinski definition) is 0. The fourth-order valence-corrected chi connectivity index (χ4v) is 6.78. The van der Waals surface area contributed by atoms with E-state index in [-0.39, 0.29) is 0 Å². The van der Waals surface area contributed by atoms with Crippen LogP contribution in [0.2, 0.25) is 0 Å². The van der Waals surface area contributed by atoms with Crippen molar-refractivity contribution in [1.29, 1.82) is 0 Å². The molecule has 3 aliphatic rings. The molecule has 4 rings (SSSR count). The van der Waals surface area contributed by atoms with Gasteiger partial charge in [-0.25, -0.2) is 0 Å². The Labute approximate surface area is 143 Å². The summed E-state index contributed by atoms with van der Waals surface area (Å²) in [7, 11) is 0. The van der Waals surface area contributed by atoms with Crippen molar-refractivity contribution >= 4 is 0 Å². The Morgan fingerprint density at radius 3 is 2.87 bits per heavy atom. The molecule has 0 nitrogen and oxygen atoms in total. The molecular formula is C23H34. The molecule has 0 radical (unpaired) electrons. The van der Waals surface area contributed by atoms with Crippen LogP contribution in [0.15, 0.2) is 24.3 Å². The van der Waals surface area contributed by atoms with Crippen LogP contribution < -0.4 is 0 Å². The summed E-state index contributed by atoms with van der Waals surface area (Å²) in [6.07, 6.45) is 14.5. The van der Waals surface area contributed by atoms with Gasteiger partial charge in [-0.3, -0.25) is 0 Å². The van der Waals surface area contributed by atoms with Crippen LogP contribution >= 0.6 is 0 Å². The van der Waals surface area contributed by atoms with Gasteiger partial charge in [0.15, 0.2) is 0 Å². The Balaban J connectivity index is 1.67. The molecule has 0 amide bonds. The van der Waals surface area contributed by atoms with E-state index < -0.39 is 0 Å². The smallest absolute Gasteiger partial charge is 0.00994 e. The molecule has 0 bridgehead atoms. The van der Waals surface area contributed by atoms with Gasteiger partial charge >= 0.3 is 0 Å². The van der Waals surface area contributed by atoms with Crippen molar-refractivity contribution in [1.82, 2.24) is 0 Å². The maximum absolute atomic E-state index is 2.65. The SMILES string of the molecule is CCCCC[C@H]1C[C@]2(C)CCC[C@H]2[C@@H]2CCc3ccccc3[C@@H]12. The van der Waals surface area contributed by atoms with Crippen molar-refractivity contribution in [3.8, 4) is 0 Å². The first-order valence-electron chi connectivity index (χ1n) is 10.3. The maximum atomic E-state index is 2.65. The van der Waals surface area contributed by atoms with Crippen LogP contribution in [-0.2, 0) is 6.42 Å². The first kappa shape index (κ1) is 15.7. The van der Waals surface area contributed by atoms with Crippen LogP contribution in [0, 0.1) is 23.2 Å². The number of unbranched alkanes of at least 4 members (excludes halogenated alkanes) is 2. The first-order valence-corrected chi connectivity index (χ1v) is 10.3.